The van der Waals surface area contributed by atoms with Crippen molar-refractivity contribution < 1.29 is 9.53 Å². The van der Waals surface area contributed by atoms with Gasteiger partial charge < -0.3 is 4.74 Å². The molecule has 0 radical (unpaired) electrons. The third-order valence-corrected chi connectivity index (χ3v) is 5.42. The first kappa shape index (κ1) is 17.4. The van der Waals surface area contributed by atoms with Crippen LogP contribution in [0.15, 0.2) is 43.0 Å². The number of piperidine rings is 1. The fourth-order valence-corrected chi connectivity index (χ4v) is 4.10. The second-order valence-electron chi connectivity index (χ2n) is 7.17. The Morgan fingerprint density at radius 1 is 1.17 bits per heavy atom. The van der Waals surface area contributed by atoms with Crippen LogP contribution in [0.25, 0.3) is 0 Å². The van der Waals surface area contributed by atoms with Gasteiger partial charge in [0.05, 0.1) is 13.2 Å². The maximum Gasteiger partial charge on any atom is 0.136 e. The van der Waals surface area contributed by atoms with Crippen molar-refractivity contribution in [2.24, 2.45) is 5.92 Å². The molecular weight excluding hydrogens is 298 g/mol. The SMILES string of the molecule is C=CCCCCC(=O)C1CC2COCC(C1)N2Cc1ccccc1. The molecule has 2 unspecified atom stereocenters. The Bertz CT molecular complexity index is 528. The van der Waals surface area contributed by atoms with E-state index in [1.165, 1.54) is 5.56 Å². The van der Waals surface area contributed by atoms with Gasteiger partial charge in [0.25, 0.3) is 0 Å². The number of unbranched alkanes of at least 4 members (excludes halogenated alkanes) is 2. The zero-order valence-corrected chi connectivity index (χ0v) is 14.5. The van der Waals surface area contributed by atoms with Crippen LogP contribution in [-0.2, 0) is 16.1 Å². The normalized spacial score (nSPS) is 26.9. The fourth-order valence-electron chi connectivity index (χ4n) is 4.10. The molecule has 2 aliphatic rings. The van der Waals surface area contributed by atoms with Gasteiger partial charge in [-0.25, -0.2) is 0 Å². The van der Waals surface area contributed by atoms with E-state index in [9.17, 15) is 4.79 Å². The summed E-state index contributed by atoms with van der Waals surface area (Å²) in [5.74, 6) is 0.704. The van der Waals surface area contributed by atoms with Crippen molar-refractivity contribution in [1.29, 1.82) is 0 Å². The predicted molar refractivity (Wildman–Crippen MR) is 96.8 cm³/mol. The molecule has 0 N–H and O–H groups in total. The van der Waals surface area contributed by atoms with Crippen LogP contribution < -0.4 is 0 Å². The minimum Gasteiger partial charge on any atom is -0.378 e. The molecule has 2 atom stereocenters. The number of fused-ring (bicyclic) bond motifs is 2. The van der Waals surface area contributed by atoms with Crippen molar-refractivity contribution in [1.82, 2.24) is 4.90 Å². The summed E-state index contributed by atoms with van der Waals surface area (Å²) in [4.78, 5) is 15.1. The Morgan fingerprint density at radius 2 is 1.88 bits per heavy atom. The standard InChI is InChI=1S/C21H29NO2/c1-2-3-4-8-11-21(23)18-12-19-15-24-16-20(13-18)22(19)14-17-9-6-5-7-10-17/h2,5-7,9-10,18-20H,1,3-4,8,11-16H2. The molecule has 3 heteroatoms. The molecule has 130 valence electrons. The molecule has 3 nitrogen and oxygen atoms in total. The maximum absolute atomic E-state index is 12.6. The summed E-state index contributed by atoms with van der Waals surface area (Å²) in [5.41, 5.74) is 1.35. The molecule has 2 saturated heterocycles. The van der Waals surface area contributed by atoms with Gasteiger partial charge in [0, 0.05) is 31.0 Å². The highest BCUT2D eigenvalue weighted by atomic mass is 16.5. The Morgan fingerprint density at radius 3 is 2.54 bits per heavy atom. The van der Waals surface area contributed by atoms with Gasteiger partial charge in [-0.1, -0.05) is 36.4 Å². The van der Waals surface area contributed by atoms with Crippen LogP contribution in [0.4, 0.5) is 0 Å². The number of ether oxygens (including phenoxy) is 1. The van der Waals surface area contributed by atoms with Crippen molar-refractivity contribution in [3.05, 3.63) is 48.6 Å². The van der Waals surface area contributed by atoms with Crippen LogP contribution in [0.2, 0.25) is 0 Å². The number of ketones is 1. The van der Waals surface area contributed by atoms with E-state index in [0.717, 1.165) is 58.3 Å². The topological polar surface area (TPSA) is 29.5 Å². The molecule has 2 fully saturated rings. The van der Waals surface area contributed by atoms with E-state index in [4.69, 9.17) is 4.74 Å². The van der Waals surface area contributed by atoms with Crippen molar-refractivity contribution in [2.75, 3.05) is 13.2 Å². The Balaban J connectivity index is 1.56. The molecule has 2 aliphatic heterocycles. The summed E-state index contributed by atoms with van der Waals surface area (Å²) in [6.07, 6.45) is 7.69. The van der Waals surface area contributed by atoms with Gasteiger partial charge in [-0.05, 0) is 37.7 Å². The second-order valence-corrected chi connectivity index (χ2v) is 7.17. The monoisotopic (exact) mass is 327 g/mol. The van der Waals surface area contributed by atoms with E-state index in [0.29, 0.717) is 17.9 Å². The van der Waals surface area contributed by atoms with Crippen LogP contribution in [0.1, 0.15) is 44.1 Å². The molecule has 0 amide bonds. The van der Waals surface area contributed by atoms with E-state index >= 15 is 0 Å². The number of hydrogen-bond donors (Lipinski definition) is 0. The Kier molecular flexibility index (Phi) is 6.22. The average Bonchev–Trinajstić information content (AvgIpc) is 2.59. The van der Waals surface area contributed by atoms with Gasteiger partial charge in [0.15, 0.2) is 0 Å². The fraction of sp³-hybridized carbons (Fsp3) is 0.571. The molecular formula is C21H29NO2. The van der Waals surface area contributed by atoms with Crippen molar-refractivity contribution >= 4 is 5.78 Å². The van der Waals surface area contributed by atoms with E-state index in [1.807, 2.05) is 6.08 Å². The lowest BCUT2D eigenvalue weighted by atomic mass is 9.81. The number of hydrogen-bond acceptors (Lipinski definition) is 3. The third kappa shape index (κ3) is 4.34. The zero-order valence-electron chi connectivity index (χ0n) is 14.5. The molecule has 2 bridgehead atoms. The molecule has 3 rings (SSSR count). The molecule has 1 aromatic rings. The number of allylic oxidation sites excluding steroid dienone is 1. The predicted octanol–water partition coefficient (Wildman–Crippen LogP) is 3.98. The van der Waals surface area contributed by atoms with Crippen LogP contribution in [0.5, 0.6) is 0 Å². The van der Waals surface area contributed by atoms with Gasteiger partial charge in [-0.2, -0.15) is 0 Å². The highest BCUT2D eigenvalue weighted by Gasteiger charge is 2.40. The summed E-state index contributed by atoms with van der Waals surface area (Å²) in [5, 5.41) is 0. The lowest BCUT2D eigenvalue weighted by Gasteiger charge is -2.48. The van der Waals surface area contributed by atoms with Gasteiger partial charge in [0.2, 0.25) is 0 Å². The first-order chi connectivity index (χ1) is 11.8. The number of carbonyl (C=O) groups is 1. The average molecular weight is 327 g/mol. The first-order valence-corrected chi connectivity index (χ1v) is 9.29. The summed E-state index contributed by atoms with van der Waals surface area (Å²) >= 11 is 0. The highest BCUT2D eigenvalue weighted by Crippen LogP contribution is 2.34. The summed E-state index contributed by atoms with van der Waals surface area (Å²) in [6, 6.07) is 11.4. The molecule has 0 aromatic heterocycles. The van der Waals surface area contributed by atoms with Gasteiger partial charge in [0.1, 0.15) is 5.78 Å². The number of Topliss-reactive ketones (excluding diaryl/α,β-unsaturated/α-hetero) is 1. The summed E-state index contributed by atoms with van der Waals surface area (Å²) < 4.78 is 5.78. The van der Waals surface area contributed by atoms with Crippen molar-refractivity contribution in [2.45, 2.75) is 57.2 Å². The lowest BCUT2D eigenvalue weighted by molar-refractivity contribution is -0.133. The molecule has 1 aromatic carbocycles. The zero-order chi connectivity index (χ0) is 16.8. The summed E-state index contributed by atoms with van der Waals surface area (Å²) in [6.45, 7) is 6.25. The van der Waals surface area contributed by atoms with Crippen LogP contribution in [0, 0.1) is 5.92 Å². The number of rotatable bonds is 8. The van der Waals surface area contributed by atoms with Crippen LogP contribution in [0.3, 0.4) is 0 Å². The molecule has 0 aliphatic carbocycles. The van der Waals surface area contributed by atoms with Gasteiger partial charge >= 0.3 is 0 Å². The Labute approximate surface area is 145 Å². The largest absolute Gasteiger partial charge is 0.378 e. The smallest absolute Gasteiger partial charge is 0.136 e. The quantitative estimate of drug-likeness (QED) is 0.534. The van der Waals surface area contributed by atoms with E-state index < -0.39 is 0 Å². The lowest BCUT2D eigenvalue weighted by Crippen LogP contribution is -2.57. The number of benzene rings is 1. The van der Waals surface area contributed by atoms with E-state index in [2.05, 4.69) is 41.8 Å². The number of nitrogens with zero attached hydrogens (tertiary/aromatic N) is 1. The number of morpholine rings is 1. The van der Waals surface area contributed by atoms with E-state index in [1.54, 1.807) is 0 Å². The molecule has 2 heterocycles. The molecule has 0 spiro atoms. The third-order valence-electron chi connectivity index (χ3n) is 5.42. The number of carbonyl (C=O) groups excluding carboxylic acids is 1. The van der Waals surface area contributed by atoms with Crippen LogP contribution in [-0.4, -0.2) is 36.0 Å². The first-order valence-electron chi connectivity index (χ1n) is 9.29. The molecule has 24 heavy (non-hydrogen) atoms. The van der Waals surface area contributed by atoms with Crippen molar-refractivity contribution in [3.63, 3.8) is 0 Å². The highest BCUT2D eigenvalue weighted by molar-refractivity contribution is 5.81. The van der Waals surface area contributed by atoms with E-state index in [-0.39, 0.29) is 5.92 Å². The van der Waals surface area contributed by atoms with Crippen LogP contribution >= 0.6 is 0 Å². The van der Waals surface area contributed by atoms with Gasteiger partial charge in [-0.3, -0.25) is 9.69 Å². The van der Waals surface area contributed by atoms with Gasteiger partial charge in [-0.15, -0.1) is 6.58 Å². The second kappa shape index (κ2) is 8.59. The minimum absolute atomic E-state index is 0.236. The minimum atomic E-state index is 0.236. The maximum atomic E-state index is 12.6. The summed E-state index contributed by atoms with van der Waals surface area (Å²) in [7, 11) is 0. The Hall–Kier alpha value is -1.45. The molecule has 0 saturated carbocycles. The van der Waals surface area contributed by atoms with Crippen molar-refractivity contribution in [3.8, 4) is 0 Å².